The van der Waals surface area contributed by atoms with Gasteiger partial charge in [-0.25, -0.2) is 9.13 Å². The summed E-state index contributed by atoms with van der Waals surface area (Å²) in [5.41, 5.74) is 0. The number of unbranched alkanes of at least 4 members (excludes halogenated alkanes) is 12. The maximum Gasteiger partial charge on any atom is 0.472 e. The van der Waals surface area contributed by atoms with Crippen molar-refractivity contribution in [3.8, 4) is 0 Å². The fourth-order valence-corrected chi connectivity index (χ4v) is 11.9. The molecule has 3 N–H and O–H groups in total. The molecule has 2 unspecified atom stereocenters. The Morgan fingerprint density at radius 3 is 0.724 bits per heavy atom. The molecule has 0 saturated heterocycles. The molecule has 0 aromatic heterocycles. The second-order valence-electron chi connectivity index (χ2n) is 27.6. The number of aliphatic hydroxyl groups is 1. The summed E-state index contributed by atoms with van der Waals surface area (Å²) in [5, 5.41) is 10.7. The SMILES string of the molecule is CC/C=C\C/C=C\C/C=C\C/C=C\C/C=C\CCCCCC(=O)OC[C@H](COP(=O)(O)OC[C@H](O)COP(=O)(O)OC[C@@H](COC(=O)CCCCC/C=C\C/C=C\C/C=C\C/C=C\C/C=C\CC)OC(=O)CCCCC/C=C\C/C=C\C/C=C\C/C=C\C/C=C\CC)OC(=O)CC/C=C\C/C=C\C/C=C\C/C=C\C/C=C\CCCCC. The molecule has 0 heterocycles. The molecule has 0 aliphatic rings. The molecule has 0 aliphatic heterocycles. The van der Waals surface area contributed by atoms with Gasteiger partial charge >= 0.3 is 39.5 Å². The van der Waals surface area contributed by atoms with Crippen LogP contribution in [0, 0.1) is 0 Å². The van der Waals surface area contributed by atoms with E-state index < -0.39 is 97.5 Å². The lowest BCUT2D eigenvalue weighted by Gasteiger charge is -2.21. The molecule has 17 nitrogen and oxygen atoms in total. The fraction of sp³-hybridized carbons (Fsp3) is 0.546. The second-order valence-corrected chi connectivity index (χ2v) is 30.5. The van der Waals surface area contributed by atoms with Gasteiger partial charge in [-0.05, 0) is 199 Å². The van der Waals surface area contributed by atoms with E-state index >= 15 is 0 Å². The van der Waals surface area contributed by atoms with Crippen molar-refractivity contribution in [2.75, 3.05) is 39.6 Å². The predicted molar refractivity (Wildman–Crippen MR) is 481 cm³/mol. The monoisotopic (exact) mass is 1650 g/mol. The molecule has 0 radical (unpaired) electrons. The molecule has 0 aromatic rings. The average molecular weight is 1650 g/mol. The Balaban J connectivity index is 5.61. The number of esters is 4. The molecule has 0 fully saturated rings. The van der Waals surface area contributed by atoms with Crippen molar-refractivity contribution in [2.24, 2.45) is 0 Å². The summed E-state index contributed by atoms with van der Waals surface area (Å²) >= 11 is 0. The molecule has 0 aromatic carbocycles. The molecule has 19 heteroatoms. The number of phosphoric acid groups is 2. The molecule has 5 atom stereocenters. The lowest BCUT2D eigenvalue weighted by molar-refractivity contribution is -0.161. The summed E-state index contributed by atoms with van der Waals surface area (Å²) in [6.45, 7) is 4.28. The van der Waals surface area contributed by atoms with E-state index in [2.05, 4.69) is 253 Å². The highest BCUT2D eigenvalue weighted by atomic mass is 31.2. The third-order valence-corrected chi connectivity index (χ3v) is 18.7. The largest absolute Gasteiger partial charge is 0.472 e. The lowest BCUT2D eigenvalue weighted by Crippen LogP contribution is -2.30. The summed E-state index contributed by atoms with van der Waals surface area (Å²) in [5.74, 6) is -2.41. The number of hydrogen-bond donors (Lipinski definition) is 3. The summed E-state index contributed by atoms with van der Waals surface area (Å²) in [6, 6.07) is 0. The maximum absolute atomic E-state index is 13.2. The van der Waals surface area contributed by atoms with E-state index in [1.165, 1.54) is 19.3 Å². The minimum atomic E-state index is -5.03. The van der Waals surface area contributed by atoms with Gasteiger partial charge in [-0.1, -0.05) is 303 Å². The second kappa shape index (κ2) is 85.7. The molecule has 0 spiro atoms. The first-order valence-corrected chi connectivity index (χ1v) is 46.3. The predicted octanol–water partition coefficient (Wildman–Crippen LogP) is 26.3. The minimum Gasteiger partial charge on any atom is -0.462 e. The molecule has 650 valence electrons. The normalized spacial score (nSPS) is 14.9. The van der Waals surface area contributed by atoms with E-state index in [-0.39, 0.29) is 25.7 Å². The van der Waals surface area contributed by atoms with Gasteiger partial charge in [0, 0.05) is 25.7 Å². The number of allylic oxidation sites excluding steroid dienone is 40. The minimum absolute atomic E-state index is 0.0337. The zero-order valence-electron chi connectivity index (χ0n) is 71.3. The Bertz CT molecular complexity index is 3160. The Labute approximate surface area is 701 Å². The van der Waals surface area contributed by atoms with E-state index in [4.69, 9.17) is 37.0 Å². The van der Waals surface area contributed by atoms with Gasteiger partial charge < -0.3 is 33.8 Å². The van der Waals surface area contributed by atoms with Crippen LogP contribution in [-0.4, -0.2) is 96.7 Å². The number of phosphoric ester groups is 2. The van der Waals surface area contributed by atoms with Crippen molar-refractivity contribution in [1.82, 2.24) is 0 Å². The van der Waals surface area contributed by atoms with Crippen LogP contribution in [0.3, 0.4) is 0 Å². The number of carbonyl (C=O) groups excluding carboxylic acids is 4. The molecular weight excluding hydrogens is 1500 g/mol. The van der Waals surface area contributed by atoms with Gasteiger partial charge in [0.1, 0.15) is 19.3 Å². The number of rotatable bonds is 78. The summed E-state index contributed by atoms with van der Waals surface area (Å²) in [4.78, 5) is 73.3. The third kappa shape index (κ3) is 84.8. The Morgan fingerprint density at radius 1 is 0.250 bits per heavy atom. The highest BCUT2D eigenvalue weighted by Crippen LogP contribution is 2.45. The van der Waals surface area contributed by atoms with E-state index in [1.54, 1.807) is 0 Å². The van der Waals surface area contributed by atoms with Crippen molar-refractivity contribution in [2.45, 2.75) is 303 Å². The van der Waals surface area contributed by atoms with Gasteiger partial charge in [0.2, 0.25) is 0 Å². The van der Waals surface area contributed by atoms with Crippen LogP contribution in [0.5, 0.6) is 0 Å². The first kappa shape index (κ1) is 109. The standard InChI is InChI=1S/C97H150O17P2/c1-5-9-13-17-21-25-29-33-37-41-45-49-53-57-61-65-69-73-77-81-94(99)107-87-92(113-96(101)83-79-75-71-67-63-59-55-51-47-43-39-35-31-27-23-19-15-11-7-3)89-111-115(103,104)109-85-91(98)86-110-116(105,106)112-90-93(114-97(102)84-80-76-72-68-64-60-56-52-48-44-40-36-32-28-24-20-16-12-8-4)88-108-95(100)82-78-74-70-66-62-58-54-50-46-42-38-34-30-26-22-18-14-10-6-2/h9-11,13-15,21-28,33-40,45-52,57-64,72,76,91-93,98H,5-8,12,16-20,29-32,41-44,53-56,65-71,73-75,77-90H2,1-4H3,(H,103,104)(H,105,106)/b13-9-,14-10-,15-11-,25-21-,26-22-,27-23-,28-24-,37-33-,38-34-,39-35-,40-36-,49-45-,50-46-,51-47-,52-48-,61-57-,62-58-,63-59-,64-60-,76-72-/t91-,92-,93-/m1/s1. The Hall–Kier alpha value is -7.14. The maximum atomic E-state index is 13.2. The molecule has 0 aliphatic carbocycles. The number of carbonyl (C=O) groups is 4. The van der Waals surface area contributed by atoms with Crippen molar-refractivity contribution < 1.29 is 80.2 Å². The highest BCUT2D eigenvalue weighted by molar-refractivity contribution is 7.47. The topological polar surface area (TPSA) is 237 Å². The van der Waals surface area contributed by atoms with E-state index in [1.807, 2.05) is 18.2 Å². The molecule has 0 amide bonds. The molecule has 116 heavy (non-hydrogen) atoms. The Morgan fingerprint density at radius 2 is 0.466 bits per heavy atom. The van der Waals surface area contributed by atoms with Gasteiger partial charge in [-0.2, -0.15) is 0 Å². The Kier molecular flexibility index (Phi) is 80.5. The van der Waals surface area contributed by atoms with E-state index in [9.17, 15) is 43.2 Å². The first-order chi connectivity index (χ1) is 56.7. The van der Waals surface area contributed by atoms with Crippen molar-refractivity contribution >= 4 is 39.5 Å². The van der Waals surface area contributed by atoms with Crippen molar-refractivity contribution in [1.29, 1.82) is 0 Å². The van der Waals surface area contributed by atoms with Crippen LogP contribution in [-0.2, 0) is 65.4 Å². The van der Waals surface area contributed by atoms with Gasteiger partial charge in [0.25, 0.3) is 0 Å². The van der Waals surface area contributed by atoms with E-state index in [0.29, 0.717) is 32.1 Å². The van der Waals surface area contributed by atoms with Crippen LogP contribution < -0.4 is 0 Å². The van der Waals surface area contributed by atoms with Gasteiger partial charge in [0.05, 0.1) is 26.4 Å². The number of hydrogen-bond acceptors (Lipinski definition) is 15. The average Bonchev–Trinajstić information content (AvgIpc) is 0.898. The summed E-state index contributed by atoms with van der Waals surface area (Å²) < 4.78 is 68.7. The van der Waals surface area contributed by atoms with Crippen LogP contribution in [0.1, 0.15) is 285 Å². The summed E-state index contributed by atoms with van der Waals surface area (Å²) in [6.07, 6.45) is 113. The zero-order valence-corrected chi connectivity index (χ0v) is 73.1. The number of ether oxygens (including phenoxy) is 4. The van der Waals surface area contributed by atoms with Crippen molar-refractivity contribution in [3.63, 3.8) is 0 Å². The first-order valence-electron chi connectivity index (χ1n) is 43.3. The van der Waals surface area contributed by atoms with E-state index in [0.717, 1.165) is 180 Å². The molecule has 0 saturated carbocycles. The van der Waals surface area contributed by atoms with Crippen molar-refractivity contribution in [3.05, 3.63) is 243 Å². The zero-order chi connectivity index (χ0) is 84.5. The van der Waals surface area contributed by atoms with Crippen LogP contribution >= 0.6 is 15.6 Å². The van der Waals surface area contributed by atoms with Crippen LogP contribution in [0.4, 0.5) is 0 Å². The smallest absolute Gasteiger partial charge is 0.462 e. The van der Waals surface area contributed by atoms with Crippen LogP contribution in [0.15, 0.2) is 243 Å². The molecule has 0 rings (SSSR count). The highest BCUT2D eigenvalue weighted by Gasteiger charge is 2.30. The molecular formula is C97H150O17P2. The van der Waals surface area contributed by atoms with Crippen LogP contribution in [0.25, 0.3) is 0 Å². The summed E-state index contributed by atoms with van der Waals surface area (Å²) in [7, 11) is -10.1. The fourth-order valence-electron chi connectivity index (χ4n) is 10.3. The van der Waals surface area contributed by atoms with Gasteiger partial charge in [0.15, 0.2) is 12.2 Å². The molecule has 0 bridgehead atoms. The van der Waals surface area contributed by atoms with Gasteiger partial charge in [-0.3, -0.25) is 37.3 Å². The lowest BCUT2D eigenvalue weighted by atomic mass is 10.1. The van der Waals surface area contributed by atoms with Gasteiger partial charge in [-0.15, -0.1) is 0 Å². The third-order valence-electron chi connectivity index (χ3n) is 16.8. The number of aliphatic hydroxyl groups excluding tert-OH is 1. The quantitative estimate of drug-likeness (QED) is 0.0169. The van der Waals surface area contributed by atoms with Crippen LogP contribution in [0.2, 0.25) is 0 Å².